The molecule has 0 N–H and O–H groups in total. The number of rotatable bonds is 2. The molecule has 0 saturated heterocycles. The Balaban J connectivity index is 2.35. The van der Waals surface area contributed by atoms with Gasteiger partial charge in [-0.1, -0.05) is 18.2 Å². The molecule has 0 bridgehead atoms. The van der Waals surface area contributed by atoms with Gasteiger partial charge >= 0.3 is 0 Å². The van der Waals surface area contributed by atoms with Crippen molar-refractivity contribution in [3.63, 3.8) is 0 Å². The highest BCUT2D eigenvalue weighted by atomic mass is 15.2. The molecule has 90 valence electrons. The van der Waals surface area contributed by atoms with E-state index in [0.717, 1.165) is 11.1 Å². The van der Waals surface area contributed by atoms with Crippen LogP contribution in [-0.2, 0) is 0 Å². The van der Waals surface area contributed by atoms with Gasteiger partial charge in [0.15, 0.2) is 6.19 Å². The molecule has 18 heavy (non-hydrogen) atoms. The summed E-state index contributed by atoms with van der Waals surface area (Å²) in [6.07, 6.45) is 5.44. The number of nitriles is 1. The van der Waals surface area contributed by atoms with E-state index in [1.165, 1.54) is 16.0 Å². The predicted octanol–water partition coefficient (Wildman–Crippen LogP) is 2.68. The molecule has 0 radical (unpaired) electrons. The molecule has 0 spiro atoms. The van der Waals surface area contributed by atoms with Crippen LogP contribution in [0.1, 0.15) is 11.1 Å². The SMILES string of the molecule is Cc1ccc(-c2cnc(N(C)C#N)nc2)cc1C. The van der Waals surface area contributed by atoms with Crippen molar-refractivity contribution >= 4 is 5.95 Å². The van der Waals surface area contributed by atoms with Gasteiger partial charge in [-0.15, -0.1) is 0 Å². The number of benzene rings is 1. The van der Waals surface area contributed by atoms with Crippen LogP contribution < -0.4 is 4.90 Å². The minimum absolute atomic E-state index is 0.407. The van der Waals surface area contributed by atoms with Crippen LogP contribution in [0.2, 0.25) is 0 Å². The fourth-order valence-electron chi connectivity index (χ4n) is 1.61. The Hall–Kier alpha value is -2.41. The van der Waals surface area contributed by atoms with E-state index in [2.05, 4.69) is 42.0 Å². The van der Waals surface area contributed by atoms with E-state index in [9.17, 15) is 0 Å². The second-order valence-electron chi connectivity index (χ2n) is 4.23. The zero-order valence-electron chi connectivity index (χ0n) is 10.7. The van der Waals surface area contributed by atoms with Crippen LogP contribution in [0, 0.1) is 25.3 Å². The summed E-state index contributed by atoms with van der Waals surface area (Å²) in [6, 6.07) is 6.25. The number of anilines is 1. The highest BCUT2D eigenvalue weighted by Gasteiger charge is 2.04. The van der Waals surface area contributed by atoms with Crippen LogP contribution in [0.25, 0.3) is 11.1 Å². The number of nitrogens with zero attached hydrogens (tertiary/aromatic N) is 4. The lowest BCUT2D eigenvalue weighted by Gasteiger charge is -2.08. The monoisotopic (exact) mass is 238 g/mol. The third-order valence-corrected chi connectivity index (χ3v) is 2.93. The molecule has 0 aliphatic carbocycles. The van der Waals surface area contributed by atoms with Crippen molar-refractivity contribution in [1.82, 2.24) is 9.97 Å². The third kappa shape index (κ3) is 2.30. The van der Waals surface area contributed by atoms with Crippen LogP contribution in [0.15, 0.2) is 30.6 Å². The number of aryl methyl sites for hydroxylation is 2. The fourth-order valence-corrected chi connectivity index (χ4v) is 1.61. The van der Waals surface area contributed by atoms with Gasteiger partial charge in [-0.25, -0.2) is 9.97 Å². The van der Waals surface area contributed by atoms with E-state index in [0.29, 0.717) is 5.95 Å². The molecule has 2 rings (SSSR count). The van der Waals surface area contributed by atoms with Gasteiger partial charge in [0.2, 0.25) is 5.95 Å². The summed E-state index contributed by atoms with van der Waals surface area (Å²) in [6.45, 7) is 4.16. The fraction of sp³-hybridized carbons (Fsp3) is 0.214. The molecule has 2 aromatic rings. The Bertz CT molecular complexity index is 596. The molecule has 1 aromatic heterocycles. The van der Waals surface area contributed by atoms with Crippen LogP contribution in [0.3, 0.4) is 0 Å². The van der Waals surface area contributed by atoms with Crippen molar-refractivity contribution in [2.45, 2.75) is 13.8 Å². The summed E-state index contributed by atoms with van der Waals surface area (Å²) in [4.78, 5) is 9.66. The maximum atomic E-state index is 8.74. The molecular formula is C14H14N4. The van der Waals surface area contributed by atoms with Crippen molar-refractivity contribution in [2.75, 3.05) is 11.9 Å². The van der Waals surface area contributed by atoms with Crippen molar-refractivity contribution in [3.05, 3.63) is 41.7 Å². The predicted molar refractivity (Wildman–Crippen MR) is 71.0 cm³/mol. The van der Waals surface area contributed by atoms with Gasteiger partial charge in [0.05, 0.1) is 0 Å². The highest BCUT2D eigenvalue weighted by Crippen LogP contribution is 2.21. The molecule has 0 fully saturated rings. The minimum Gasteiger partial charge on any atom is -0.250 e. The zero-order valence-corrected chi connectivity index (χ0v) is 10.7. The average Bonchev–Trinajstić information content (AvgIpc) is 2.41. The molecule has 0 aliphatic rings. The van der Waals surface area contributed by atoms with E-state index in [1.54, 1.807) is 19.4 Å². The highest BCUT2D eigenvalue weighted by molar-refractivity contribution is 5.63. The molecule has 0 amide bonds. The maximum absolute atomic E-state index is 8.74. The summed E-state index contributed by atoms with van der Waals surface area (Å²) in [5.41, 5.74) is 4.55. The number of hydrogen-bond donors (Lipinski definition) is 0. The van der Waals surface area contributed by atoms with Gasteiger partial charge in [0, 0.05) is 25.0 Å². The van der Waals surface area contributed by atoms with Gasteiger partial charge in [0.1, 0.15) is 0 Å². The summed E-state index contributed by atoms with van der Waals surface area (Å²) in [5, 5.41) is 8.74. The van der Waals surface area contributed by atoms with Crippen molar-refractivity contribution < 1.29 is 0 Å². The standard InChI is InChI=1S/C14H14N4/c1-10-4-5-12(6-11(10)2)13-7-16-14(17-8-13)18(3)9-15/h4-8H,1-3H3. The lowest BCUT2D eigenvalue weighted by molar-refractivity contribution is 1.04. The first-order valence-electron chi connectivity index (χ1n) is 5.65. The van der Waals surface area contributed by atoms with E-state index in [-0.39, 0.29) is 0 Å². The molecule has 0 unspecified atom stereocenters. The second-order valence-corrected chi connectivity index (χ2v) is 4.23. The first-order valence-corrected chi connectivity index (χ1v) is 5.65. The first kappa shape index (κ1) is 12.1. The lowest BCUT2D eigenvalue weighted by Crippen LogP contribution is -2.11. The molecule has 0 saturated carbocycles. The topological polar surface area (TPSA) is 52.8 Å². The molecule has 4 heteroatoms. The maximum Gasteiger partial charge on any atom is 0.238 e. The average molecular weight is 238 g/mol. The van der Waals surface area contributed by atoms with Gasteiger partial charge < -0.3 is 0 Å². The Morgan fingerprint density at radius 2 is 1.72 bits per heavy atom. The summed E-state index contributed by atoms with van der Waals surface area (Å²) in [5.74, 6) is 0.407. The van der Waals surface area contributed by atoms with Crippen LogP contribution in [0.5, 0.6) is 0 Å². The molecule has 0 atom stereocenters. The van der Waals surface area contributed by atoms with Crippen LogP contribution in [0.4, 0.5) is 5.95 Å². The van der Waals surface area contributed by atoms with Gasteiger partial charge in [-0.2, -0.15) is 5.26 Å². The minimum atomic E-state index is 0.407. The van der Waals surface area contributed by atoms with Gasteiger partial charge in [-0.05, 0) is 30.5 Å². The molecule has 1 heterocycles. The van der Waals surface area contributed by atoms with Gasteiger partial charge in [-0.3, -0.25) is 4.90 Å². The van der Waals surface area contributed by atoms with Crippen LogP contribution >= 0.6 is 0 Å². The Labute approximate surface area is 107 Å². The molecule has 0 aliphatic heterocycles. The molecule has 4 nitrogen and oxygen atoms in total. The number of hydrogen-bond acceptors (Lipinski definition) is 4. The smallest absolute Gasteiger partial charge is 0.238 e. The molecule has 1 aromatic carbocycles. The summed E-state index contributed by atoms with van der Waals surface area (Å²) < 4.78 is 0. The van der Waals surface area contributed by atoms with E-state index < -0.39 is 0 Å². The van der Waals surface area contributed by atoms with Crippen molar-refractivity contribution in [3.8, 4) is 17.3 Å². The lowest BCUT2D eigenvalue weighted by atomic mass is 10.0. The Morgan fingerprint density at radius 1 is 1.06 bits per heavy atom. The van der Waals surface area contributed by atoms with Crippen molar-refractivity contribution in [2.24, 2.45) is 0 Å². The van der Waals surface area contributed by atoms with Gasteiger partial charge in [0.25, 0.3) is 0 Å². The first-order chi connectivity index (χ1) is 8.61. The molecular weight excluding hydrogens is 224 g/mol. The normalized spacial score (nSPS) is 9.89. The zero-order chi connectivity index (χ0) is 13.1. The largest absolute Gasteiger partial charge is 0.250 e. The summed E-state index contributed by atoms with van der Waals surface area (Å²) in [7, 11) is 1.63. The van der Waals surface area contributed by atoms with Crippen molar-refractivity contribution in [1.29, 1.82) is 5.26 Å². The third-order valence-electron chi connectivity index (χ3n) is 2.93. The van der Waals surface area contributed by atoms with E-state index in [1.807, 2.05) is 6.19 Å². The van der Waals surface area contributed by atoms with Crippen LogP contribution in [-0.4, -0.2) is 17.0 Å². The second kappa shape index (κ2) is 4.84. The Morgan fingerprint density at radius 3 is 2.28 bits per heavy atom. The van der Waals surface area contributed by atoms with E-state index in [4.69, 9.17) is 5.26 Å². The van der Waals surface area contributed by atoms with E-state index >= 15 is 0 Å². The Kier molecular flexibility index (Phi) is 3.24. The quantitative estimate of drug-likeness (QED) is 0.596. The summed E-state index contributed by atoms with van der Waals surface area (Å²) >= 11 is 0. The number of aromatic nitrogens is 2.